The van der Waals surface area contributed by atoms with Crippen LogP contribution >= 0.6 is 0 Å². The average Bonchev–Trinajstić information content (AvgIpc) is 3.35. The molecule has 0 bridgehead atoms. The number of hydrogen-bond acceptors (Lipinski definition) is 4. The smallest absolute Gasteiger partial charge is 0.241 e. The molecular formula is C16H25N3O2. The van der Waals surface area contributed by atoms with E-state index in [1.807, 2.05) is 19.1 Å². The van der Waals surface area contributed by atoms with E-state index >= 15 is 0 Å². The van der Waals surface area contributed by atoms with E-state index in [0.717, 1.165) is 25.3 Å². The minimum atomic E-state index is -0.225. The molecule has 1 atom stereocenters. The maximum absolute atomic E-state index is 11.5. The number of nitrogens with one attached hydrogen (secondary N) is 1. The van der Waals surface area contributed by atoms with Crippen molar-refractivity contribution in [2.24, 2.45) is 5.84 Å². The van der Waals surface area contributed by atoms with Gasteiger partial charge in [-0.05, 0) is 30.9 Å². The number of nitrogens with two attached hydrogens (primary N) is 1. The number of methoxy groups -OCH3 is 1. The standard InChI is InChI=1S/C16H25N3O2/c1-12(16(20)18-17)14-5-3-13(4-6-14)11-19(9-10-21-2)15-7-8-15/h3-6,12,15H,7-11,17H2,1-2H3,(H,18,20). The average molecular weight is 291 g/mol. The molecule has 0 heterocycles. The summed E-state index contributed by atoms with van der Waals surface area (Å²) in [5.74, 6) is 4.79. The molecule has 1 fully saturated rings. The van der Waals surface area contributed by atoms with Crippen LogP contribution < -0.4 is 11.3 Å². The highest BCUT2D eigenvalue weighted by Gasteiger charge is 2.28. The summed E-state index contributed by atoms with van der Waals surface area (Å²) in [6, 6.07) is 8.92. The molecule has 1 aromatic rings. The van der Waals surface area contributed by atoms with Crippen molar-refractivity contribution in [3.8, 4) is 0 Å². The Morgan fingerprint density at radius 3 is 2.62 bits per heavy atom. The lowest BCUT2D eigenvalue weighted by molar-refractivity contribution is -0.122. The number of amides is 1. The number of carbonyl (C=O) groups excluding carboxylic acids is 1. The molecule has 1 saturated carbocycles. The van der Waals surface area contributed by atoms with Crippen LogP contribution in [0, 0.1) is 0 Å². The number of ether oxygens (including phenoxy) is 1. The van der Waals surface area contributed by atoms with Crippen molar-refractivity contribution < 1.29 is 9.53 Å². The molecular weight excluding hydrogens is 266 g/mol. The highest BCUT2D eigenvalue weighted by molar-refractivity contribution is 5.82. The van der Waals surface area contributed by atoms with E-state index in [9.17, 15) is 4.79 Å². The van der Waals surface area contributed by atoms with Gasteiger partial charge in [0.05, 0.1) is 12.5 Å². The van der Waals surface area contributed by atoms with Gasteiger partial charge in [-0.25, -0.2) is 5.84 Å². The Morgan fingerprint density at radius 2 is 2.10 bits per heavy atom. The number of hydrazine groups is 1. The summed E-state index contributed by atoms with van der Waals surface area (Å²) < 4.78 is 5.18. The first kappa shape index (κ1) is 15.9. The Kier molecular flexibility index (Phi) is 5.73. The SMILES string of the molecule is COCCN(Cc1ccc(C(C)C(=O)NN)cc1)C1CC1. The molecule has 3 N–H and O–H groups in total. The van der Waals surface area contributed by atoms with Crippen molar-refractivity contribution in [3.63, 3.8) is 0 Å². The number of hydrogen-bond donors (Lipinski definition) is 2. The summed E-state index contributed by atoms with van der Waals surface area (Å²) in [7, 11) is 1.74. The molecule has 0 aliphatic heterocycles. The van der Waals surface area contributed by atoms with E-state index in [-0.39, 0.29) is 11.8 Å². The summed E-state index contributed by atoms with van der Waals surface area (Å²) in [6.45, 7) is 4.52. The highest BCUT2D eigenvalue weighted by Crippen LogP contribution is 2.28. The Morgan fingerprint density at radius 1 is 1.43 bits per heavy atom. The molecule has 2 rings (SSSR count). The first-order valence-electron chi connectivity index (χ1n) is 7.48. The molecule has 0 saturated heterocycles. The minimum Gasteiger partial charge on any atom is -0.383 e. The van der Waals surface area contributed by atoms with Gasteiger partial charge in [0.1, 0.15) is 0 Å². The van der Waals surface area contributed by atoms with Crippen LogP contribution in [0.4, 0.5) is 0 Å². The van der Waals surface area contributed by atoms with Gasteiger partial charge in [0.2, 0.25) is 5.91 Å². The number of nitrogens with zero attached hydrogens (tertiary/aromatic N) is 1. The zero-order chi connectivity index (χ0) is 15.2. The summed E-state index contributed by atoms with van der Waals surface area (Å²) in [6.07, 6.45) is 2.57. The van der Waals surface area contributed by atoms with Crippen LogP contribution in [0.3, 0.4) is 0 Å². The lowest BCUT2D eigenvalue weighted by Gasteiger charge is -2.22. The van der Waals surface area contributed by atoms with Crippen LogP contribution in [0.5, 0.6) is 0 Å². The lowest BCUT2D eigenvalue weighted by Crippen LogP contribution is -2.33. The zero-order valence-corrected chi connectivity index (χ0v) is 12.8. The maximum Gasteiger partial charge on any atom is 0.241 e. The van der Waals surface area contributed by atoms with Gasteiger partial charge in [-0.1, -0.05) is 24.3 Å². The van der Waals surface area contributed by atoms with Crippen LogP contribution in [0.25, 0.3) is 0 Å². The largest absolute Gasteiger partial charge is 0.383 e. The van der Waals surface area contributed by atoms with E-state index in [1.54, 1.807) is 7.11 Å². The number of benzene rings is 1. The van der Waals surface area contributed by atoms with Crippen LogP contribution in [-0.2, 0) is 16.1 Å². The quantitative estimate of drug-likeness (QED) is 0.431. The molecule has 0 radical (unpaired) electrons. The van der Waals surface area contributed by atoms with Crippen molar-refractivity contribution in [1.29, 1.82) is 0 Å². The zero-order valence-electron chi connectivity index (χ0n) is 12.8. The second-order valence-electron chi connectivity index (χ2n) is 5.67. The van der Waals surface area contributed by atoms with Gasteiger partial charge < -0.3 is 4.74 Å². The third kappa shape index (κ3) is 4.52. The molecule has 21 heavy (non-hydrogen) atoms. The summed E-state index contributed by atoms with van der Waals surface area (Å²) in [5.41, 5.74) is 4.44. The van der Waals surface area contributed by atoms with Gasteiger partial charge in [0.15, 0.2) is 0 Å². The maximum atomic E-state index is 11.5. The van der Waals surface area contributed by atoms with Gasteiger partial charge >= 0.3 is 0 Å². The fourth-order valence-corrected chi connectivity index (χ4v) is 2.46. The molecule has 0 aromatic heterocycles. The number of rotatable bonds is 8. The van der Waals surface area contributed by atoms with Crippen LogP contribution in [-0.4, -0.2) is 37.1 Å². The molecule has 1 aliphatic rings. The predicted molar refractivity (Wildman–Crippen MR) is 82.5 cm³/mol. The van der Waals surface area contributed by atoms with Crippen molar-refractivity contribution in [3.05, 3.63) is 35.4 Å². The van der Waals surface area contributed by atoms with Crippen molar-refractivity contribution >= 4 is 5.91 Å². The van der Waals surface area contributed by atoms with Gasteiger partial charge in [0.25, 0.3) is 0 Å². The molecule has 0 spiro atoms. The van der Waals surface area contributed by atoms with Gasteiger partial charge in [-0.2, -0.15) is 0 Å². The Hall–Kier alpha value is -1.43. The van der Waals surface area contributed by atoms with E-state index in [1.165, 1.54) is 18.4 Å². The minimum absolute atomic E-state index is 0.164. The summed E-state index contributed by atoms with van der Waals surface area (Å²) in [5, 5.41) is 0. The van der Waals surface area contributed by atoms with Gasteiger partial charge in [-0.15, -0.1) is 0 Å². The van der Waals surface area contributed by atoms with E-state index in [4.69, 9.17) is 10.6 Å². The monoisotopic (exact) mass is 291 g/mol. The molecule has 5 nitrogen and oxygen atoms in total. The van der Waals surface area contributed by atoms with Crippen molar-refractivity contribution in [2.75, 3.05) is 20.3 Å². The highest BCUT2D eigenvalue weighted by atomic mass is 16.5. The molecule has 116 valence electrons. The van der Waals surface area contributed by atoms with Gasteiger partial charge in [0, 0.05) is 26.2 Å². The fourth-order valence-electron chi connectivity index (χ4n) is 2.46. The fraction of sp³-hybridized carbons (Fsp3) is 0.562. The second kappa shape index (κ2) is 7.54. The normalized spacial score (nSPS) is 16.0. The van der Waals surface area contributed by atoms with Gasteiger partial charge in [-0.3, -0.25) is 15.1 Å². The molecule has 1 amide bonds. The van der Waals surface area contributed by atoms with E-state index < -0.39 is 0 Å². The molecule has 1 aliphatic carbocycles. The molecule has 5 heteroatoms. The Labute approximate surface area is 126 Å². The first-order chi connectivity index (χ1) is 10.2. The Balaban J connectivity index is 1.96. The third-order valence-corrected chi connectivity index (χ3v) is 4.05. The molecule has 1 aromatic carbocycles. The lowest BCUT2D eigenvalue weighted by atomic mass is 9.99. The first-order valence-corrected chi connectivity index (χ1v) is 7.48. The molecule has 1 unspecified atom stereocenters. The summed E-state index contributed by atoms with van der Waals surface area (Å²) >= 11 is 0. The van der Waals surface area contributed by atoms with Crippen LogP contribution in [0.2, 0.25) is 0 Å². The number of carbonyl (C=O) groups is 1. The Bertz CT molecular complexity index is 457. The van der Waals surface area contributed by atoms with E-state index in [2.05, 4.69) is 22.5 Å². The predicted octanol–water partition coefficient (Wildman–Crippen LogP) is 1.39. The second-order valence-corrected chi connectivity index (χ2v) is 5.67. The van der Waals surface area contributed by atoms with Crippen LogP contribution in [0.15, 0.2) is 24.3 Å². The van der Waals surface area contributed by atoms with Crippen LogP contribution in [0.1, 0.15) is 36.8 Å². The van der Waals surface area contributed by atoms with Crippen molar-refractivity contribution in [1.82, 2.24) is 10.3 Å². The topological polar surface area (TPSA) is 67.6 Å². The third-order valence-electron chi connectivity index (χ3n) is 4.05. The summed E-state index contributed by atoms with van der Waals surface area (Å²) in [4.78, 5) is 14.0. The van der Waals surface area contributed by atoms with E-state index in [0.29, 0.717) is 6.04 Å². The van der Waals surface area contributed by atoms with Crippen molar-refractivity contribution in [2.45, 2.75) is 38.3 Å².